The summed E-state index contributed by atoms with van der Waals surface area (Å²) >= 11 is 0. The van der Waals surface area contributed by atoms with Gasteiger partial charge >= 0.3 is 0 Å². The van der Waals surface area contributed by atoms with E-state index in [9.17, 15) is 22.8 Å². The summed E-state index contributed by atoms with van der Waals surface area (Å²) < 4.78 is 27.6. The molecule has 0 fully saturated rings. The van der Waals surface area contributed by atoms with Crippen LogP contribution in [-0.2, 0) is 35.6 Å². The minimum absolute atomic E-state index is 0.123. The molecule has 3 atom stereocenters. The van der Waals surface area contributed by atoms with Crippen LogP contribution < -0.4 is 15.4 Å². The van der Waals surface area contributed by atoms with Crippen LogP contribution in [0.4, 0.5) is 0 Å². The molecule has 250 valence electrons. The number of carbonyl (C=O) groups is 3. The Bertz CT molecular complexity index is 1550. The van der Waals surface area contributed by atoms with Crippen LogP contribution in [0.2, 0.25) is 0 Å². The van der Waals surface area contributed by atoms with Gasteiger partial charge in [-0.2, -0.15) is 5.26 Å². The van der Waals surface area contributed by atoms with Crippen molar-refractivity contribution in [1.29, 1.82) is 5.26 Å². The predicted molar refractivity (Wildman–Crippen MR) is 181 cm³/mol. The lowest BCUT2D eigenvalue weighted by molar-refractivity contribution is -0.140. The number of carbonyl (C=O) groups excluding carboxylic acids is 3. The molecule has 46 heavy (non-hydrogen) atoms. The maximum Gasteiger partial charge on any atom is 0.260 e. The van der Waals surface area contributed by atoms with Crippen LogP contribution in [0.15, 0.2) is 66.2 Å². The van der Waals surface area contributed by atoms with Crippen molar-refractivity contribution in [3.63, 3.8) is 0 Å². The third-order valence-corrected chi connectivity index (χ3v) is 9.34. The van der Waals surface area contributed by atoms with Gasteiger partial charge in [0, 0.05) is 18.0 Å². The maximum atomic E-state index is 14.1. The van der Waals surface area contributed by atoms with Crippen molar-refractivity contribution in [3.05, 3.63) is 82.9 Å². The van der Waals surface area contributed by atoms with Gasteiger partial charge in [0.1, 0.15) is 6.04 Å². The summed E-state index contributed by atoms with van der Waals surface area (Å²) in [5, 5.41) is 15.1. The minimum atomic E-state index is -4.04. The zero-order valence-electron chi connectivity index (χ0n) is 28.6. The van der Waals surface area contributed by atoms with Crippen LogP contribution >= 0.6 is 0 Å². The van der Waals surface area contributed by atoms with E-state index in [1.807, 2.05) is 84.9 Å². The number of nitrogens with zero attached hydrogens (tertiary/aromatic N) is 2. The number of nitrogens with one attached hydrogen (secondary N) is 3. The monoisotopic (exact) mass is 651 g/mol. The molecular formula is C35H49N5O5S. The largest absolute Gasteiger partial charge is 0.342 e. The quantitative estimate of drug-likeness (QED) is 0.277. The highest BCUT2D eigenvalue weighted by molar-refractivity contribution is 7.89. The zero-order chi connectivity index (χ0) is 35.0. The topological polar surface area (TPSA) is 148 Å². The van der Waals surface area contributed by atoms with Gasteiger partial charge in [0.05, 0.1) is 29.5 Å². The van der Waals surface area contributed by atoms with Crippen molar-refractivity contribution in [2.45, 2.75) is 84.7 Å². The SMILES string of the molecule is CN[C@H](C(=O)N[C@H](C(=O)N(C)[C@H](/C=C(\C)C(=O)NS(=O)(=O)Cc1ccc(C#N)cc1)C(C)C)C(C)(C)C)C(C)(C)c1ccccc1. The molecule has 0 radical (unpaired) electrons. The van der Waals surface area contributed by atoms with E-state index in [0.717, 1.165) is 5.56 Å². The van der Waals surface area contributed by atoms with Crippen LogP contribution in [-0.4, -0.2) is 63.3 Å². The molecule has 0 unspecified atom stereocenters. The summed E-state index contributed by atoms with van der Waals surface area (Å²) in [6.07, 6.45) is 1.57. The standard InChI is InChI=1S/C35H49N5O5S/c1-23(2)28(20-24(3)31(41)39-46(44,45)22-26-18-16-25(21-36)17-19-26)40(10)33(43)30(34(4,5)6)38-32(42)29(37-9)35(7,8)27-14-12-11-13-15-27/h11-20,23,28-30,37H,22H2,1-10H3,(H,38,42)(H,39,41)/b24-20+/t28-,29-,30-/m1/s1. The van der Waals surface area contributed by atoms with E-state index in [4.69, 9.17) is 5.26 Å². The number of hydrogen-bond acceptors (Lipinski definition) is 7. The third-order valence-electron chi connectivity index (χ3n) is 8.13. The summed E-state index contributed by atoms with van der Waals surface area (Å²) in [6, 6.07) is 15.6. The molecule has 0 saturated heterocycles. The Morgan fingerprint density at radius 3 is 2.00 bits per heavy atom. The number of likely N-dealkylation sites (N-methyl/N-ethyl adjacent to an activating group) is 2. The van der Waals surface area contributed by atoms with Gasteiger partial charge in [0.25, 0.3) is 5.91 Å². The molecule has 0 bridgehead atoms. The van der Waals surface area contributed by atoms with Crippen molar-refractivity contribution >= 4 is 27.7 Å². The Labute approximate surface area is 274 Å². The molecule has 0 aromatic heterocycles. The van der Waals surface area contributed by atoms with Crippen molar-refractivity contribution in [3.8, 4) is 6.07 Å². The van der Waals surface area contributed by atoms with Gasteiger partial charge in [-0.3, -0.25) is 14.4 Å². The smallest absolute Gasteiger partial charge is 0.260 e. The Morgan fingerprint density at radius 2 is 1.52 bits per heavy atom. The number of amides is 3. The molecule has 0 aliphatic heterocycles. The van der Waals surface area contributed by atoms with Crippen LogP contribution in [0.3, 0.4) is 0 Å². The summed E-state index contributed by atoms with van der Waals surface area (Å²) in [5.41, 5.74) is 0.664. The van der Waals surface area contributed by atoms with Crippen LogP contribution in [0.25, 0.3) is 0 Å². The second-order valence-electron chi connectivity index (χ2n) is 13.6. The number of nitriles is 1. The average Bonchev–Trinajstić information content (AvgIpc) is 2.97. The Morgan fingerprint density at radius 1 is 0.957 bits per heavy atom. The van der Waals surface area contributed by atoms with Crippen molar-refractivity contribution in [2.75, 3.05) is 14.1 Å². The predicted octanol–water partition coefficient (Wildman–Crippen LogP) is 4.03. The molecule has 0 heterocycles. The molecule has 0 aliphatic carbocycles. The van der Waals surface area contributed by atoms with E-state index < -0.39 is 50.6 Å². The summed E-state index contributed by atoms with van der Waals surface area (Å²) in [7, 11) is -0.707. The van der Waals surface area contributed by atoms with Crippen molar-refractivity contribution < 1.29 is 22.8 Å². The highest BCUT2D eigenvalue weighted by Crippen LogP contribution is 2.29. The van der Waals surface area contributed by atoms with Crippen molar-refractivity contribution in [1.82, 2.24) is 20.3 Å². The van der Waals surface area contributed by atoms with E-state index in [2.05, 4.69) is 15.4 Å². The van der Waals surface area contributed by atoms with Crippen LogP contribution in [0, 0.1) is 22.7 Å². The molecule has 3 N–H and O–H groups in total. The fraction of sp³-hybridized carbons (Fsp3) is 0.486. The van der Waals surface area contributed by atoms with Crippen LogP contribution in [0.1, 0.15) is 72.1 Å². The molecule has 2 rings (SSSR count). The van der Waals surface area contributed by atoms with Gasteiger partial charge in [-0.25, -0.2) is 13.1 Å². The molecule has 2 aromatic carbocycles. The van der Waals surface area contributed by atoms with E-state index >= 15 is 0 Å². The fourth-order valence-electron chi connectivity index (χ4n) is 5.31. The first-order valence-electron chi connectivity index (χ1n) is 15.3. The Hall–Kier alpha value is -4.01. The second-order valence-corrected chi connectivity index (χ2v) is 15.4. The Balaban J connectivity index is 2.28. The highest BCUT2D eigenvalue weighted by atomic mass is 32.2. The molecule has 0 spiro atoms. The maximum absolute atomic E-state index is 14.1. The number of sulfonamides is 1. The number of rotatable bonds is 13. The lowest BCUT2D eigenvalue weighted by Crippen LogP contribution is -2.61. The van der Waals surface area contributed by atoms with E-state index in [1.165, 1.54) is 36.1 Å². The second kappa shape index (κ2) is 15.5. The third kappa shape index (κ3) is 9.99. The molecule has 11 heteroatoms. The van der Waals surface area contributed by atoms with Crippen molar-refractivity contribution in [2.24, 2.45) is 11.3 Å². The first kappa shape index (κ1) is 38.2. The highest BCUT2D eigenvalue weighted by Gasteiger charge is 2.41. The van der Waals surface area contributed by atoms with Gasteiger partial charge in [0.2, 0.25) is 21.8 Å². The minimum Gasteiger partial charge on any atom is -0.342 e. The van der Waals surface area contributed by atoms with Gasteiger partial charge in [-0.15, -0.1) is 0 Å². The van der Waals surface area contributed by atoms with E-state index in [1.54, 1.807) is 20.2 Å². The van der Waals surface area contributed by atoms with Gasteiger partial charge < -0.3 is 15.5 Å². The lowest BCUT2D eigenvalue weighted by atomic mass is 9.76. The van der Waals surface area contributed by atoms with E-state index in [-0.39, 0.29) is 23.3 Å². The fourth-order valence-corrected chi connectivity index (χ4v) is 6.46. The zero-order valence-corrected chi connectivity index (χ0v) is 29.5. The molecule has 0 aliphatic rings. The van der Waals surface area contributed by atoms with Gasteiger partial charge in [-0.1, -0.05) is 97.0 Å². The molecular weight excluding hydrogens is 602 g/mol. The average molecular weight is 652 g/mol. The number of benzene rings is 2. The molecule has 0 saturated carbocycles. The summed E-state index contributed by atoms with van der Waals surface area (Å²) in [5.74, 6) is -2.06. The van der Waals surface area contributed by atoms with Gasteiger partial charge in [0.15, 0.2) is 0 Å². The first-order valence-corrected chi connectivity index (χ1v) is 16.9. The summed E-state index contributed by atoms with van der Waals surface area (Å²) in [6.45, 7) is 14.8. The first-order chi connectivity index (χ1) is 21.2. The molecule has 2 aromatic rings. The summed E-state index contributed by atoms with van der Waals surface area (Å²) in [4.78, 5) is 42.3. The van der Waals surface area contributed by atoms with Crippen LogP contribution in [0.5, 0.6) is 0 Å². The van der Waals surface area contributed by atoms with Gasteiger partial charge in [-0.05, 0) is 48.6 Å². The molecule has 3 amide bonds. The van der Waals surface area contributed by atoms with E-state index in [0.29, 0.717) is 11.1 Å². The normalized spacial score (nSPS) is 14.5. The Kier molecular flexibility index (Phi) is 12.9. The number of hydrogen-bond donors (Lipinski definition) is 3. The lowest BCUT2D eigenvalue weighted by Gasteiger charge is -2.40. The molecule has 10 nitrogen and oxygen atoms in total.